The number of aliphatic imine (C=N–C) groups is 1. The van der Waals surface area contributed by atoms with Gasteiger partial charge in [0.2, 0.25) is 0 Å². The van der Waals surface area contributed by atoms with E-state index in [0.29, 0.717) is 22.8 Å². The summed E-state index contributed by atoms with van der Waals surface area (Å²) < 4.78 is 7.07. The number of likely N-dealkylation sites (tertiary alicyclic amines) is 1. The van der Waals surface area contributed by atoms with Crippen LogP contribution >= 0.6 is 47.2 Å². The fourth-order valence-electron chi connectivity index (χ4n) is 3.09. The summed E-state index contributed by atoms with van der Waals surface area (Å²) >= 11 is 12.2. The lowest BCUT2D eigenvalue weighted by Crippen LogP contribution is -2.45. The largest absolute Gasteiger partial charge is 0.383 e. The van der Waals surface area contributed by atoms with Gasteiger partial charge in [0.15, 0.2) is 5.96 Å². The second-order valence-corrected chi connectivity index (χ2v) is 7.00. The Morgan fingerprint density at radius 3 is 2.77 bits per heavy atom. The van der Waals surface area contributed by atoms with Crippen LogP contribution in [0.1, 0.15) is 25.5 Å². The molecular weight excluding hydrogens is 488 g/mol. The number of hydrogen-bond acceptors (Lipinski definition) is 3. The monoisotopic (exact) mass is 517 g/mol. The van der Waals surface area contributed by atoms with Gasteiger partial charge in [-0.25, -0.2) is 4.99 Å². The number of nitrogens with zero attached hydrogens (tertiary/aromatic N) is 3. The lowest BCUT2D eigenvalue weighted by atomic mass is 10.2. The first-order valence-electron chi connectivity index (χ1n) is 8.81. The average molecular weight is 518 g/mol. The van der Waals surface area contributed by atoms with E-state index in [2.05, 4.69) is 27.4 Å². The van der Waals surface area contributed by atoms with Gasteiger partial charge in [-0.3, -0.25) is 4.90 Å². The molecule has 1 unspecified atom stereocenters. The first-order valence-corrected chi connectivity index (χ1v) is 9.57. The molecule has 0 aromatic carbocycles. The lowest BCUT2D eigenvalue weighted by molar-refractivity contribution is 0.141. The van der Waals surface area contributed by atoms with Gasteiger partial charge in [-0.2, -0.15) is 0 Å². The Labute approximate surface area is 183 Å². The Morgan fingerprint density at radius 1 is 1.38 bits per heavy atom. The summed E-state index contributed by atoms with van der Waals surface area (Å²) in [5, 5.41) is 7.87. The van der Waals surface area contributed by atoms with Crippen LogP contribution in [0.2, 0.25) is 10.2 Å². The van der Waals surface area contributed by atoms with Gasteiger partial charge < -0.3 is 19.9 Å². The number of guanidine groups is 1. The molecule has 1 aromatic rings. The van der Waals surface area contributed by atoms with Crippen molar-refractivity contribution in [2.75, 3.05) is 39.9 Å². The molecule has 2 heterocycles. The van der Waals surface area contributed by atoms with E-state index in [1.165, 1.54) is 12.8 Å². The SMILES string of the molecule is CCNC(=NCc1cc(Cl)c(Cl)n1C)NCC1CCCN1CCOC.I. The molecule has 0 radical (unpaired) electrons. The van der Waals surface area contributed by atoms with Crippen LogP contribution in [-0.4, -0.2) is 61.4 Å². The van der Waals surface area contributed by atoms with E-state index in [0.717, 1.165) is 44.4 Å². The third-order valence-electron chi connectivity index (χ3n) is 4.55. The normalized spacial score (nSPS) is 18.0. The van der Waals surface area contributed by atoms with Crippen LogP contribution in [0.4, 0.5) is 0 Å². The van der Waals surface area contributed by atoms with Crippen LogP contribution < -0.4 is 10.6 Å². The Balaban J connectivity index is 0.00000338. The molecule has 1 aliphatic heterocycles. The lowest BCUT2D eigenvalue weighted by Gasteiger charge is -2.25. The minimum Gasteiger partial charge on any atom is -0.383 e. The summed E-state index contributed by atoms with van der Waals surface area (Å²) in [6, 6.07) is 2.39. The Hall–Kier alpha value is -0.220. The van der Waals surface area contributed by atoms with E-state index < -0.39 is 0 Å². The van der Waals surface area contributed by atoms with Crippen molar-refractivity contribution in [1.29, 1.82) is 0 Å². The second kappa shape index (κ2) is 12.3. The highest BCUT2D eigenvalue weighted by Gasteiger charge is 2.23. The van der Waals surface area contributed by atoms with Crippen LogP contribution in [-0.2, 0) is 18.3 Å². The summed E-state index contributed by atoms with van der Waals surface area (Å²) in [5.74, 6) is 0.814. The minimum atomic E-state index is 0. The van der Waals surface area contributed by atoms with E-state index in [9.17, 15) is 0 Å². The second-order valence-electron chi connectivity index (χ2n) is 6.23. The zero-order chi connectivity index (χ0) is 18.2. The molecule has 2 rings (SSSR count). The third kappa shape index (κ3) is 6.74. The van der Waals surface area contributed by atoms with E-state index in [1.807, 2.05) is 17.7 Å². The van der Waals surface area contributed by atoms with Crippen molar-refractivity contribution in [2.45, 2.75) is 32.4 Å². The molecule has 6 nitrogen and oxygen atoms in total. The molecule has 1 atom stereocenters. The maximum absolute atomic E-state index is 6.12. The fraction of sp³-hybridized carbons (Fsp3) is 0.706. The molecule has 0 bridgehead atoms. The summed E-state index contributed by atoms with van der Waals surface area (Å²) in [7, 11) is 3.65. The van der Waals surface area contributed by atoms with Crippen LogP contribution in [0, 0.1) is 0 Å². The summed E-state index contributed by atoms with van der Waals surface area (Å²) in [6.07, 6.45) is 2.45. The molecule has 1 fully saturated rings. The Bertz CT molecular complexity index is 582. The maximum atomic E-state index is 6.12. The average Bonchev–Trinajstić information content (AvgIpc) is 3.15. The van der Waals surface area contributed by atoms with E-state index in [-0.39, 0.29) is 24.0 Å². The molecule has 1 saturated heterocycles. The van der Waals surface area contributed by atoms with E-state index in [1.54, 1.807) is 7.11 Å². The number of rotatable bonds is 8. The molecule has 1 aromatic heterocycles. The van der Waals surface area contributed by atoms with Crippen molar-refractivity contribution < 1.29 is 4.74 Å². The molecule has 9 heteroatoms. The molecule has 0 aliphatic carbocycles. The zero-order valence-corrected chi connectivity index (χ0v) is 19.6. The highest BCUT2D eigenvalue weighted by molar-refractivity contribution is 14.0. The fourth-order valence-corrected chi connectivity index (χ4v) is 3.50. The van der Waals surface area contributed by atoms with Crippen molar-refractivity contribution >= 4 is 53.1 Å². The number of hydrogen-bond donors (Lipinski definition) is 2. The summed E-state index contributed by atoms with van der Waals surface area (Å²) in [4.78, 5) is 7.14. The van der Waals surface area contributed by atoms with Crippen molar-refractivity contribution in [2.24, 2.45) is 12.0 Å². The first-order chi connectivity index (χ1) is 12.1. The highest BCUT2D eigenvalue weighted by atomic mass is 127. The molecule has 0 spiro atoms. The molecule has 1 aliphatic rings. The molecular formula is C17H30Cl2IN5O. The molecule has 150 valence electrons. The Morgan fingerprint density at radius 2 is 2.15 bits per heavy atom. The first kappa shape index (κ1) is 23.8. The van der Waals surface area contributed by atoms with Crippen molar-refractivity contribution in [3.63, 3.8) is 0 Å². The predicted molar refractivity (Wildman–Crippen MR) is 120 cm³/mol. The number of halogens is 3. The maximum Gasteiger partial charge on any atom is 0.191 e. The minimum absolute atomic E-state index is 0. The standard InChI is InChI=1S/C17H29Cl2N5O.HI/c1-4-20-17(22-12-14-10-15(18)16(19)23(14)2)21-11-13-6-5-7-24(13)8-9-25-3;/h10,13H,4-9,11-12H2,1-3H3,(H2,20,21,22);1H. The molecule has 2 N–H and O–H groups in total. The van der Waals surface area contributed by atoms with Crippen LogP contribution in [0.25, 0.3) is 0 Å². The molecule has 0 saturated carbocycles. The third-order valence-corrected chi connectivity index (χ3v) is 5.39. The van der Waals surface area contributed by atoms with Crippen LogP contribution in [0.5, 0.6) is 0 Å². The van der Waals surface area contributed by atoms with Gasteiger partial charge in [0, 0.05) is 45.5 Å². The number of nitrogens with one attached hydrogen (secondary N) is 2. The zero-order valence-electron chi connectivity index (χ0n) is 15.7. The van der Waals surface area contributed by atoms with Gasteiger partial charge >= 0.3 is 0 Å². The van der Waals surface area contributed by atoms with Gasteiger partial charge in [0.25, 0.3) is 0 Å². The van der Waals surface area contributed by atoms with Crippen molar-refractivity contribution in [1.82, 2.24) is 20.1 Å². The Kier molecular flexibility index (Phi) is 11.2. The quantitative estimate of drug-likeness (QED) is 0.316. The smallest absolute Gasteiger partial charge is 0.191 e. The number of aromatic nitrogens is 1. The predicted octanol–water partition coefficient (Wildman–Crippen LogP) is 3.12. The number of ether oxygens (including phenoxy) is 1. The summed E-state index contributed by atoms with van der Waals surface area (Å²) in [5.41, 5.74) is 0.981. The van der Waals surface area contributed by atoms with Crippen molar-refractivity contribution in [3.8, 4) is 0 Å². The van der Waals surface area contributed by atoms with Gasteiger partial charge in [-0.15, -0.1) is 24.0 Å². The van der Waals surface area contributed by atoms with Crippen LogP contribution in [0.15, 0.2) is 11.1 Å². The van der Waals surface area contributed by atoms with Gasteiger partial charge in [-0.05, 0) is 32.4 Å². The van der Waals surface area contributed by atoms with Crippen molar-refractivity contribution in [3.05, 3.63) is 21.9 Å². The van der Waals surface area contributed by atoms with E-state index >= 15 is 0 Å². The molecule has 0 amide bonds. The van der Waals surface area contributed by atoms with E-state index in [4.69, 9.17) is 27.9 Å². The van der Waals surface area contributed by atoms with Gasteiger partial charge in [-0.1, -0.05) is 23.2 Å². The van der Waals surface area contributed by atoms with Gasteiger partial charge in [0.1, 0.15) is 5.15 Å². The summed E-state index contributed by atoms with van der Waals surface area (Å²) in [6.45, 7) is 7.19. The number of methoxy groups -OCH3 is 1. The highest BCUT2D eigenvalue weighted by Crippen LogP contribution is 2.25. The van der Waals surface area contributed by atoms with Gasteiger partial charge in [0.05, 0.1) is 18.2 Å². The topological polar surface area (TPSA) is 53.8 Å². The molecule has 26 heavy (non-hydrogen) atoms. The van der Waals surface area contributed by atoms with Crippen LogP contribution in [0.3, 0.4) is 0 Å².